The topological polar surface area (TPSA) is 78.9 Å². The van der Waals surface area contributed by atoms with Crippen LogP contribution in [0.4, 0.5) is 4.79 Å². The fourth-order valence-electron chi connectivity index (χ4n) is 4.31. The number of amides is 2. The van der Waals surface area contributed by atoms with Crippen LogP contribution < -0.4 is 5.32 Å². The van der Waals surface area contributed by atoms with Gasteiger partial charge in [0.25, 0.3) is 0 Å². The van der Waals surface area contributed by atoms with Gasteiger partial charge in [-0.1, -0.05) is 34.1 Å². The summed E-state index contributed by atoms with van der Waals surface area (Å²) in [6, 6.07) is -0.358. The molecule has 1 saturated heterocycles. The van der Waals surface area contributed by atoms with Crippen molar-refractivity contribution in [3.63, 3.8) is 0 Å². The lowest BCUT2D eigenvalue weighted by Gasteiger charge is -2.45. The summed E-state index contributed by atoms with van der Waals surface area (Å²) in [5.41, 5.74) is 0. The summed E-state index contributed by atoms with van der Waals surface area (Å²) in [6.45, 7) is 14.3. The summed E-state index contributed by atoms with van der Waals surface area (Å²) in [5, 5.41) is 11.5. The van der Waals surface area contributed by atoms with Crippen molar-refractivity contribution < 1.29 is 19.1 Å². The predicted molar refractivity (Wildman–Crippen MR) is 109 cm³/mol. The van der Waals surface area contributed by atoms with Gasteiger partial charge < -0.3 is 19.7 Å². The van der Waals surface area contributed by atoms with Crippen LogP contribution in [0.25, 0.3) is 0 Å². The van der Waals surface area contributed by atoms with Crippen molar-refractivity contribution in [2.75, 3.05) is 6.54 Å². The van der Waals surface area contributed by atoms with Gasteiger partial charge in [-0.2, -0.15) is 0 Å². The van der Waals surface area contributed by atoms with Gasteiger partial charge in [-0.3, -0.25) is 4.79 Å². The molecule has 4 atom stereocenters. The number of carbonyl (C=O) groups excluding carboxylic acids is 1. The van der Waals surface area contributed by atoms with Crippen LogP contribution in [0.15, 0.2) is 0 Å². The summed E-state index contributed by atoms with van der Waals surface area (Å²) in [4.78, 5) is 25.6. The molecule has 0 radical (unpaired) electrons. The van der Waals surface area contributed by atoms with Gasteiger partial charge in [-0.25, -0.2) is 4.79 Å². The molecule has 7 heteroatoms. The lowest BCUT2D eigenvalue weighted by atomic mass is 9.79. The van der Waals surface area contributed by atoms with Gasteiger partial charge in [0.15, 0.2) is 8.32 Å². The van der Waals surface area contributed by atoms with Crippen LogP contribution in [0.3, 0.4) is 0 Å². The Bertz CT molecular complexity index is 547. The first-order valence-electron chi connectivity index (χ1n) is 10.4. The maximum atomic E-state index is 12.7. The summed E-state index contributed by atoms with van der Waals surface area (Å²) in [5.74, 6) is 0.387. The maximum absolute atomic E-state index is 12.7. The molecule has 2 amide bonds. The Balaban J connectivity index is 2.04. The molecule has 2 N–H and O–H groups in total. The van der Waals surface area contributed by atoms with Gasteiger partial charge in [-0.15, -0.1) is 0 Å². The van der Waals surface area contributed by atoms with Crippen LogP contribution in [-0.2, 0) is 9.22 Å². The number of nitrogens with one attached hydrogen (secondary N) is 1. The molecule has 0 aromatic rings. The molecule has 156 valence electrons. The van der Waals surface area contributed by atoms with Crippen molar-refractivity contribution in [3.05, 3.63) is 0 Å². The molecule has 2 rings (SSSR count). The molecular formula is C20H38N2O4Si. The maximum Gasteiger partial charge on any atom is 0.405 e. The van der Waals surface area contributed by atoms with Crippen molar-refractivity contribution >= 4 is 20.3 Å². The van der Waals surface area contributed by atoms with Gasteiger partial charge in [0.2, 0.25) is 5.91 Å². The number of carbonyl (C=O) groups is 2. The second-order valence-electron chi connectivity index (χ2n) is 9.75. The Kier molecular flexibility index (Phi) is 7.00. The first-order valence-corrected chi connectivity index (χ1v) is 13.3. The highest BCUT2D eigenvalue weighted by atomic mass is 28.4. The van der Waals surface area contributed by atoms with E-state index in [0.29, 0.717) is 18.9 Å². The molecule has 2 aliphatic rings. The summed E-state index contributed by atoms with van der Waals surface area (Å²) >= 11 is 0. The Hall–Kier alpha value is -1.08. The third kappa shape index (κ3) is 5.25. The SMILES string of the molecule is CCC[C@H]1C[C@H](O[Si](C)(C)C(C)(C)C)CC[C@@H]1N1CC[C@H](NC(=O)O)C1=O. The lowest BCUT2D eigenvalue weighted by Crippen LogP contribution is -2.51. The van der Waals surface area contributed by atoms with E-state index in [2.05, 4.69) is 46.1 Å². The minimum absolute atomic E-state index is 0.0488. The van der Waals surface area contributed by atoms with E-state index in [1.807, 2.05) is 4.90 Å². The lowest BCUT2D eigenvalue weighted by molar-refractivity contribution is -0.133. The van der Waals surface area contributed by atoms with Gasteiger partial charge in [-0.05, 0) is 56.2 Å². The molecule has 2 fully saturated rings. The standard InChI is InChI=1S/C20H38N2O4Si/c1-7-8-14-13-15(26-27(5,6)20(2,3)4)9-10-17(14)22-12-11-16(18(22)23)21-19(24)25/h14-17,21H,7-13H2,1-6H3,(H,24,25)/t14-,15+,16-,17-/m0/s1. The highest BCUT2D eigenvalue weighted by Crippen LogP contribution is 2.41. The van der Waals surface area contributed by atoms with Crippen LogP contribution in [0, 0.1) is 5.92 Å². The van der Waals surface area contributed by atoms with E-state index in [9.17, 15) is 9.59 Å². The first kappa shape index (κ1) is 22.2. The average molecular weight is 399 g/mol. The Morgan fingerprint density at radius 2 is 1.96 bits per heavy atom. The molecule has 1 aliphatic carbocycles. The number of hydrogen-bond acceptors (Lipinski definition) is 3. The monoisotopic (exact) mass is 398 g/mol. The zero-order chi connectivity index (χ0) is 20.4. The molecule has 0 unspecified atom stereocenters. The molecule has 0 bridgehead atoms. The molecule has 27 heavy (non-hydrogen) atoms. The minimum atomic E-state index is -1.80. The fraction of sp³-hybridized carbons (Fsp3) is 0.900. The summed E-state index contributed by atoms with van der Waals surface area (Å²) < 4.78 is 6.68. The van der Waals surface area contributed by atoms with Crippen molar-refractivity contribution in [1.29, 1.82) is 0 Å². The summed E-state index contributed by atoms with van der Waals surface area (Å²) in [6.07, 6.45) is 4.86. The molecule has 0 aromatic carbocycles. The van der Waals surface area contributed by atoms with E-state index in [4.69, 9.17) is 9.53 Å². The third-order valence-electron chi connectivity index (χ3n) is 6.76. The zero-order valence-corrected chi connectivity index (χ0v) is 18.9. The summed E-state index contributed by atoms with van der Waals surface area (Å²) in [7, 11) is -1.80. The zero-order valence-electron chi connectivity index (χ0n) is 17.9. The predicted octanol–water partition coefficient (Wildman–Crippen LogP) is 4.21. The molecule has 0 spiro atoms. The highest BCUT2D eigenvalue weighted by Gasteiger charge is 2.44. The molecular weight excluding hydrogens is 360 g/mol. The van der Waals surface area contributed by atoms with Crippen LogP contribution in [0.5, 0.6) is 0 Å². The van der Waals surface area contributed by atoms with Gasteiger partial charge in [0.1, 0.15) is 6.04 Å². The Morgan fingerprint density at radius 1 is 1.30 bits per heavy atom. The normalized spacial score (nSPS) is 29.9. The highest BCUT2D eigenvalue weighted by molar-refractivity contribution is 6.74. The Labute approximate surface area is 165 Å². The molecule has 6 nitrogen and oxygen atoms in total. The average Bonchev–Trinajstić information content (AvgIpc) is 2.87. The number of carboxylic acid groups (broad SMARTS) is 1. The van der Waals surface area contributed by atoms with E-state index < -0.39 is 20.5 Å². The third-order valence-corrected chi connectivity index (χ3v) is 11.3. The van der Waals surface area contributed by atoms with Gasteiger partial charge >= 0.3 is 6.09 Å². The van der Waals surface area contributed by atoms with Gasteiger partial charge in [0.05, 0.1) is 0 Å². The minimum Gasteiger partial charge on any atom is -0.465 e. The number of rotatable bonds is 6. The van der Waals surface area contributed by atoms with E-state index in [1.54, 1.807) is 0 Å². The second-order valence-corrected chi connectivity index (χ2v) is 14.5. The van der Waals surface area contributed by atoms with E-state index in [0.717, 1.165) is 32.1 Å². The molecule has 0 aromatic heterocycles. The van der Waals surface area contributed by atoms with Crippen molar-refractivity contribution in [3.8, 4) is 0 Å². The van der Waals surface area contributed by atoms with E-state index >= 15 is 0 Å². The first-order chi connectivity index (χ1) is 12.5. The van der Waals surface area contributed by atoms with Crippen LogP contribution >= 0.6 is 0 Å². The molecule has 1 saturated carbocycles. The van der Waals surface area contributed by atoms with Crippen LogP contribution in [-0.4, -0.2) is 55.1 Å². The van der Waals surface area contributed by atoms with Crippen molar-refractivity contribution in [1.82, 2.24) is 10.2 Å². The number of hydrogen-bond donors (Lipinski definition) is 2. The quantitative estimate of drug-likeness (QED) is 0.657. The molecule has 1 heterocycles. The van der Waals surface area contributed by atoms with Crippen LogP contribution in [0.2, 0.25) is 18.1 Å². The van der Waals surface area contributed by atoms with Crippen molar-refractivity contribution in [2.24, 2.45) is 5.92 Å². The smallest absolute Gasteiger partial charge is 0.405 e. The van der Waals surface area contributed by atoms with Crippen molar-refractivity contribution in [2.45, 2.75) is 103 Å². The largest absolute Gasteiger partial charge is 0.465 e. The Morgan fingerprint density at radius 3 is 2.52 bits per heavy atom. The fourth-order valence-corrected chi connectivity index (χ4v) is 5.71. The van der Waals surface area contributed by atoms with Crippen LogP contribution in [0.1, 0.15) is 66.2 Å². The van der Waals surface area contributed by atoms with E-state index in [1.165, 1.54) is 0 Å². The molecule has 1 aliphatic heterocycles. The second kappa shape index (κ2) is 8.51. The van der Waals surface area contributed by atoms with Gasteiger partial charge in [0, 0.05) is 18.7 Å². The van der Waals surface area contributed by atoms with E-state index in [-0.39, 0.29) is 23.1 Å². The number of likely N-dealkylation sites (tertiary alicyclic amines) is 1. The number of nitrogens with zero attached hydrogens (tertiary/aromatic N) is 1.